The minimum atomic E-state index is -0.436. The fourth-order valence-electron chi connectivity index (χ4n) is 2.11. The van der Waals surface area contributed by atoms with Crippen LogP contribution in [-0.2, 0) is 0 Å². The molecule has 1 N–H and O–H groups in total. The van der Waals surface area contributed by atoms with E-state index in [-0.39, 0.29) is 16.8 Å². The van der Waals surface area contributed by atoms with Crippen LogP contribution in [-0.4, -0.2) is 11.0 Å². The number of benzene rings is 1. The van der Waals surface area contributed by atoms with Gasteiger partial charge in [0.05, 0.1) is 15.0 Å². The molecule has 1 aromatic rings. The van der Waals surface area contributed by atoms with Crippen molar-refractivity contribution in [3.63, 3.8) is 0 Å². The van der Waals surface area contributed by atoms with Crippen LogP contribution >= 0.6 is 23.2 Å². The van der Waals surface area contributed by atoms with Gasteiger partial charge in [-0.3, -0.25) is 10.1 Å². The summed E-state index contributed by atoms with van der Waals surface area (Å²) in [6, 6.07) is 3.08. The molecule has 0 bridgehead atoms. The van der Waals surface area contributed by atoms with E-state index in [4.69, 9.17) is 23.2 Å². The number of nitro groups is 1. The van der Waals surface area contributed by atoms with E-state index >= 15 is 0 Å². The molecule has 1 aliphatic rings. The number of rotatable bonds is 6. The molecule has 1 aromatic carbocycles. The zero-order valence-electron chi connectivity index (χ0n) is 10.7. The van der Waals surface area contributed by atoms with Gasteiger partial charge in [-0.1, -0.05) is 43.0 Å². The lowest BCUT2D eigenvalue weighted by Crippen LogP contribution is -2.19. The van der Waals surface area contributed by atoms with Crippen LogP contribution in [0.25, 0.3) is 0 Å². The van der Waals surface area contributed by atoms with Gasteiger partial charge in [-0.15, -0.1) is 0 Å². The summed E-state index contributed by atoms with van der Waals surface area (Å²) in [6.45, 7) is 2.07. The van der Waals surface area contributed by atoms with Crippen molar-refractivity contribution in [1.82, 2.24) is 0 Å². The normalized spacial score (nSPS) is 16.2. The number of nitro benzene ring substituents is 1. The SMILES string of the molecule is CCC(CC1CC1)Nc1cc(Cl)c(Cl)cc1[N+](=O)[O-]. The molecule has 1 aliphatic carbocycles. The summed E-state index contributed by atoms with van der Waals surface area (Å²) in [5, 5.41) is 14.8. The Bertz CT molecular complexity index is 490. The summed E-state index contributed by atoms with van der Waals surface area (Å²) >= 11 is 11.8. The highest BCUT2D eigenvalue weighted by Crippen LogP contribution is 2.37. The quantitative estimate of drug-likeness (QED) is 0.601. The molecule has 0 spiro atoms. The van der Waals surface area contributed by atoms with Crippen LogP contribution < -0.4 is 5.32 Å². The molecular formula is C13H16Cl2N2O2. The van der Waals surface area contributed by atoms with Crippen molar-refractivity contribution in [3.8, 4) is 0 Å². The smallest absolute Gasteiger partial charge is 0.293 e. The van der Waals surface area contributed by atoms with Crippen molar-refractivity contribution in [2.75, 3.05) is 5.32 Å². The molecule has 19 heavy (non-hydrogen) atoms. The predicted molar refractivity (Wildman–Crippen MR) is 78.2 cm³/mol. The third-order valence-electron chi connectivity index (χ3n) is 3.40. The van der Waals surface area contributed by atoms with Gasteiger partial charge in [0.25, 0.3) is 5.69 Å². The van der Waals surface area contributed by atoms with Crippen LogP contribution in [0.5, 0.6) is 0 Å². The van der Waals surface area contributed by atoms with Crippen LogP contribution in [0.1, 0.15) is 32.6 Å². The first-order valence-electron chi connectivity index (χ1n) is 6.41. The number of hydrogen-bond acceptors (Lipinski definition) is 3. The topological polar surface area (TPSA) is 55.2 Å². The molecule has 1 saturated carbocycles. The Kier molecular flexibility index (Phi) is 4.53. The molecule has 0 aliphatic heterocycles. The third-order valence-corrected chi connectivity index (χ3v) is 4.12. The van der Waals surface area contributed by atoms with Crippen molar-refractivity contribution >= 4 is 34.6 Å². The molecule has 6 heteroatoms. The summed E-state index contributed by atoms with van der Waals surface area (Å²) in [7, 11) is 0. The summed E-state index contributed by atoms with van der Waals surface area (Å²) < 4.78 is 0. The van der Waals surface area contributed by atoms with Crippen LogP contribution in [0.3, 0.4) is 0 Å². The minimum Gasteiger partial charge on any atom is -0.377 e. The van der Waals surface area contributed by atoms with E-state index in [1.165, 1.54) is 25.0 Å². The van der Waals surface area contributed by atoms with Gasteiger partial charge in [-0.2, -0.15) is 0 Å². The summed E-state index contributed by atoms with van der Waals surface area (Å²) in [5.41, 5.74) is 0.426. The first-order chi connectivity index (χ1) is 9.01. The van der Waals surface area contributed by atoms with Crippen molar-refractivity contribution in [2.45, 2.75) is 38.6 Å². The highest BCUT2D eigenvalue weighted by molar-refractivity contribution is 6.42. The first kappa shape index (κ1) is 14.4. The number of anilines is 1. The molecule has 104 valence electrons. The van der Waals surface area contributed by atoms with Crippen LogP contribution in [0, 0.1) is 16.0 Å². The van der Waals surface area contributed by atoms with E-state index in [2.05, 4.69) is 12.2 Å². The molecule has 0 saturated heterocycles. The highest BCUT2D eigenvalue weighted by atomic mass is 35.5. The number of hydrogen-bond donors (Lipinski definition) is 1. The van der Waals surface area contributed by atoms with Gasteiger partial charge in [0, 0.05) is 12.1 Å². The molecule has 4 nitrogen and oxygen atoms in total. The largest absolute Gasteiger partial charge is 0.377 e. The van der Waals surface area contributed by atoms with E-state index in [0.717, 1.165) is 18.8 Å². The van der Waals surface area contributed by atoms with E-state index in [0.29, 0.717) is 10.7 Å². The maximum Gasteiger partial charge on any atom is 0.293 e. The van der Waals surface area contributed by atoms with Gasteiger partial charge in [0.15, 0.2) is 0 Å². The maximum atomic E-state index is 11.1. The lowest BCUT2D eigenvalue weighted by Gasteiger charge is -2.18. The Morgan fingerprint density at radius 3 is 2.58 bits per heavy atom. The number of halogens is 2. The Morgan fingerprint density at radius 2 is 2.05 bits per heavy atom. The predicted octanol–water partition coefficient (Wildman–Crippen LogP) is 4.89. The summed E-state index contributed by atoms with van der Waals surface area (Å²) in [5.74, 6) is 0.763. The maximum absolute atomic E-state index is 11.1. The van der Waals surface area contributed by atoms with Crippen LogP contribution in [0.4, 0.5) is 11.4 Å². The summed E-state index contributed by atoms with van der Waals surface area (Å²) in [6.07, 6.45) is 4.51. The average molecular weight is 303 g/mol. The van der Waals surface area contributed by atoms with Gasteiger partial charge in [0.1, 0.15) is 5.69 Å². The van der Waals surface area contributed by atoms with Crippen LogP contribution in [0.15, 0.2) is 12.1 Å². The standard InChI is InChI=1S/C13H16Cl2N2O2/c1-2-9(5-8-3-4-8)16-12-6-10(14)11(15)7-13(12)17(18)19/h6-9,16H,2-5H2,1H3. The Labute approximate surface area is 122 Å². The molecule has 0 aromatic heterocycles. The van der Waals surface area contributed by atoms with Gasteiger partial charge < -0.3 is 5.32 Å². The van der Waals surface area contributed by atoms with Crippen molar-refractivity contribution in [3.05, 3.63) is 32.3 Å². The Balaban J connectivity index is 2.21. The minimum absolute atomic E-state index is 0.0244. The molecular weight excluding hydrogens is 287 g/mol. The first-order valence-corrected chi connectivity index (χ1v) is 7.16. The second-order valence-electron chi connectivity index (χ2n) is 4.97. The second-order valence-corrected chi connectivity index (χ2v) is 5.78. The monoisotopic (exact) mass is 302 g/mol. The molecule has 1 fully saturated rings. The van der Waals surface area contributed by atoms with E-state index < -0.39 is 4.92 Å². The van der Waals surface area contributed by atoms with Crippen molar-refractivity contribution in [2.24, 2.45) is 5.92 Å². The van der Waals surface area contributed by atoms with Gasteiger partial charge in [0.2, 0.25) is 0 Å². The molecule has 1 atom stereocenters. The fourth-order valence-corrected chi connectivity index (χ4v) is 2.43. The molecule has 1 unspecified atom stereocenters. The molecule has 0 heterocycles. The van der Waals surface area contributed by atoms with E-state index in [9.17, 15) is 10.1 Å². The van der Waals surface area contributed by atoms with Gasteiger partial charge in [-0.05, 0) is 24.8 Å². The lowest BCUT2D eigenvalue weighted by atomic mass is 10.1. The zero-order valence-corrected chi connectivity index (χ0v) is 12.2. The zero-order chi connectivity index (χ0) is 14.0. The fraction of sp³-hybridized carbons (Fsp3) is 0.538. The van der Waals surface area contributed by atoms with E-state index in [1.807, 2.05) is 0 Å². The third kappa shape index (κ3) is 3.74. The van der Waals surface area contributed by atoms with Gasteiger partial charge in [-0.25, -0.2) is 0 Å². The molecule has 2 rings (SSSR count). The lowest BCUT2D eigenvalue weighted by molar-refractivity contribution is -0.384. The van der Waals surface area contributed by atoms with Crippen molar-refractivity contribution in [1.29, 1.82) is 0 Å². The van der Waals surface area contributed by atoms with E-state index in [1.54, 1.807) is 0 Å². The number of nitrogens with zero attached hydrogens (tertiary/aromatic N) is 1. The Morgan fingerprint density at radius 1 is 1.42 bits per heavy atom. The molecule has 0 radical (unpaired) electrons. The molecule has 0 amide bonds. The van der Waals surface area contributed by atoms with Gasteiger partial charge >= 0.3 is 0 Å². The Hall–Kier alpha value is -1.00. The average Bonchev–Trinajstić information content (AvgIpc) is 3.16. The van der Waals surface area contributed by atoms with Crippen LogP contribution in [0.2, 0.25) is 10.0 Å². The number of nitrogens with one attached hydrogen (secondary N) is 1. The highest BCUT2D eigenvalue weighted by Gasteiger charge is 2.26. The van der Waals surface area contributed by atoms with Crippen molar-refractivity contribution < 1.29 is 4.92 Å². The second kappa shape index (κ2) is 5.97. The summed E-state index contributed by atoms with van der Waals surface area (Å²) in [4.78, 5) is 10.6.